The van der Waals surface area contributed by atoms with Crippen molar-refractivity contribution in [3.8, 4) is 5.75 Å². The Morgan fingerprint density at radius 1 is 1.10 bits per heavy atom. The lowest BCUT2D eigenvalue weighted by Gasteiger charge is -2.22. The van der Waals surface area contributed by atoms with Crippen LogP contribution in [0.1, 0.15) is 25.8 Å². The Morgan fingerprint density at radius 3 is 2.30 bits per heavy atom. The lowest BCUT2D eigenvalue weighted by Crippen LogP contribution is -2.40. The van der Waals surface area contributed by atoms with Crippen LogP contribution in [0.4, 0.5) is 5.69 Å². The first kappa shape index (κ1) is 24.1. The molecular weight excluding hydrogens is 420 g/mol. The van der Waals surface area contributed by atoms with E-state index in [2.05, 4.69) is 36.5 Å². The van der Waals surface area contributed by atoms with E-state index < -0.39 is 10.0 Å². The fourth-order valence-corrected chi connectivity index (χ4v) is 4.38. The number of amides is 1. The molecule has 1 amide bonds. The molecule has 0 aliphatic heterocycles. The normalized spacial score (nSPS) is 11.4. The van der Waals surface area contributed by atoms with Crippen LogP contribution in [0, 0.1) is 6.92 Å². The number of ether oxygens (including phenoxy) is 1. The minimum atomic E-state index is -3.60. The van der Waals surface area contributed by atoms with E-state index in [9.17, 15) is 13.2 Å². The Hall–Kier alpha value is -2.19. The second-order valence-electron chi connectivity index (χ2n) is 7.30. The van der Waals surface area contributed by atoms with Crippen molar-refractivity contribution >= 4 is 33.4 Å². The third-order valence-electron chi connectivity index (χ3n) is 4.12. The zero-order valence-electron chi connectivity index (χ0n) is 17.9. The number of thioether (sulfide) groups is 1. The highest BCUT2D eigenvalue weighted by molar-refractivity contribution is 7.99. The van der Waals surface area contributed by atoms with Gasteiger partial charge in [0.15, 0.2) is 0 Å². The minimum absolute atomic E-state index is 0.0248. The van der Waals surface area contributed by atoms with Crippen molar-refractivity contribution in [2.24, 2.45) is 0 Å². The summed E-state index contributed by atoms with van der Waals surface area (Å²) in [5.41, 5.74) is 1.66. The quantitative estimate of drug-likeness (QED) is 0.416. The van der Waals surface area contributed by atoms with Gasteiger partial charge in [-0.1, -0.05) is 17.7 Å². The topological polar surface area (TPSA) is 75.7 Å². The molecule has 0 heterocycles. The summed E-state index contributed by atoms with van der Waals surface area (Å²) in [5, 5.41) is 2.80. The van der Waals surface area contributed by atoms with Gasteiger partial charge in [-0.25, -0.2) is 8.42 Å². The molecular formula is C22H30N2O4S2. The average molecular weight is 451 g/mol. The van der Waals surface area contributed by atoms with Crippen molar-refractivity contribution in [1.82, 2.24) is 5.32 Å². The van der Waals surface area contributed by atoms with Crippen LogP contribution in [0.3, 0.4) is 0 Å². The van der Waals surface area contributed by atoms with Gasteiger partial charge in [-0.3, -0.25) is 9.10 Å². The summed E-state index contributed by atoms with van der Waals surface area (Å²) < 4.78 is 31.1. The number of sulfonamides is 1. The van der Waals surface area contributed by atoms with Gasteiger partial charge in [0.1, 0.15) is 12.3 Å². The minimum Gasteiger partial charge on any atom is -0.491 e. The van der Waals surface area contributed by atoms with Crippen LogP contribution in [0.2, 0.25) is 0 Å². The zero-order chi connectivity index (χ0) is 22.1. The second kappa shape index (κ2) is 11.3. The molecule has 0 atom stereocenters. The van der Waals surface area contributed by atoms with E-state index in [1.165, 1.54) is 10.5 Å². The van der Waals surface area contributed by atoms with Gasteiger partial charge in [0.2, 0.25) is 15.9 Å². The summed E-state index contributed by atoms with van der Waals surface area (Å²) in [6.45, 7) is 6.13. The van der Waals surface area contributed by atoms with Gasteiger partial charge in [-0.2, -0.15) is 0 Å². The number of anilines is 1. The third-order valence-corrected chi connectivity index (χ3v) is 6.36. The molecule has 0 spiro atoms. The van der Waals surface area contributed by atoms with Crippen LogP contribution in [-0.4, -0.2) is 45.5 Å². The van der Waals surface area contributed by atoms with Gasteiger partial charge in [0, 0.05) is 11.4 Å². The van der Waals surface area contributed by atoms with Gasteiger partial charge in [0.25, 0.3) is 0 Å². The molecule has 2 rings (SSSR count). The summed E-state index contributed by atoms with van der Waals surface area (Å²) in [6.07, 6.45) is 1.92. The van der Waals surface area contributed by atoms with Crippen LogP contribution >= 0.6 is 11.8 Å². The Balaban J connectivity index is 1.84. The molecule has 1 N–H and O–H groups in total. The van der Waals surface area contributed by atoms with E-state index in [0.29, 0.717) is 18.0 Å². The molecule has 0 aliphatic carbocycles. The van der Waals surface area contributed by atoms with Crippen LogP contribution in [0.15, 0.2) is 53.4 Å². The van der Waals surface area contributed by atoms with E-state index in [-0.39, 0.29) is 18.6 Å². The van der Waals surface area contributed by atoms with E-state index >= 15 is 0 Å². The molecule has 0 radical (unpaired) electrons. The predicted molar refractivity (Wildman–Crippen MR) is 124 cm³/mol. The molecule has 0 saturated carbocycles. The number of hydrogen-bond donors (Lipinski definition) is 1. The van der Waals surface area contributed by atoms with Gasteiger partial charge >= 0.3 is 0 Å². The lowest BCUT2D eigenvalue weighted by atomic mass is 10.2. The van der Waals surface area contributed by atoms with Gasteiger partial charge in [-0.05, 0) is 69.3 Å². The van der Waals surface area contributed by atoms with E-state index in [0.717, 1.165) is 22.7 Å². The molecule has 6 nitrogen and oxygen atoms in total. The Bertz CT molecular complexity index is 911. The SMILES string of the molecule is Cc1ccc(SCCCNC(=O)CN(c2ccc(OC(C)C)cc2)S(C)(=O)=O)cc1. The molecule has 2 aromatic rings. The van der Waals surface area contributed by atoms with Crippen molar-refractivity contribution in [3.63, 3.8) is 0 Å². The van der Waals surface area contributed by atoms with E-state index in [4.69, 9.17) is 4.74 Å². The van der Waals surface area contributed by atoms with E-state index in [1.54, 1.807) is 36.0 Å². The molecule has 30 heavy (non-hydrogen) atoms. The molecule has 0 bridgehead atoms. The smallest absolute Gasteiger partial charge is 0.240 e. The molecule has 2 aromatic carbocycles. The predicted octanol–water partition coefficient (Wildman–Crippen LogP) is 3.85. The average Bonchev–Trinajstić information content (AvgIpc) is 2.67. The Morgan fingerprint density at radius 2 is 1.73 bits per heavy atom. The molecule has 0 unspecified atom stereocenters. The van der Waals surface area contributed by atoms with Crippen LogP contribution in [0.5, 0.6) is 5.75 Å². The fraction of sp³-hybridized carbons (Fsp3) is 0.409. The van der Waals surface area contributed by atoms with Crippen LogP contribution in [0.25, 0.3) is 0 Å². The largest absolute Gasteiger partial charge is 0.491 e. The molecule has 0 aliphatic rings. The first-order chi connectivity index (χ1) is 14.1. The number of nitrogens with one attached hydrogen (secondary N) is 1. The van der Waals surface area contributed by atoms with Crippen molar-refractivity contribution < 1.29 is 17.9 Å². The number of carbonyl (C=O) groups excluding carboxylic acids is 1. The molecule has 8 heteroatoms. The van der Waals surface area contributed by atoms with Crippen molar-refractivity contribution in [2.75, 3.05) is 29.4 Å². The maximum absolute atomic E-state index is 12.3. The number of carbonyl (C=O) groups is 1. The van der Waals surface area contributed by atoms with Crippen molar-refractivity contribution in [1.29, 1.82) is 0 Å². The molecule has 0 fully saturated rings. The highest BCUT2D eigenvalue weighted by atomic mass is 32.2. The zero-order valence-corrected chi connectivity index (χ0v) is 19.6. The summed E-state index contributed by atoms with van der Waals surface area (Å²) in [7, 11) is -3.60. The summed E-state index contributed by atoms with van der Waals surface area (Å²) >= 11 is 1.73. The van der Waals surface area contributed by atoms with Crippen molar-refractivity contribution in [2.45, 2.75) is 38.2 Å². The van der Waals surface area contributed by atoms with E-state index in [1.807, 2.05) is 13.8 Å². The maximum Gasteiger partial charge on any atom is 0.240 e. The van der Waals surface area contributed by atoms with Gasteiger partial charge in [-0.15, -0.1) is 11.8 Å². The number of benzene rings is 2. The number of nitrogens with zero attached hydrogens (tertiary/aromatic N) is 1. The summed E-state index contributed by atoms with van der Waals surface area (Å²) in [6, 6.07) is 15.0. The second-order valence-corrected chi connectivity index (χ2v) is 10.4. The highest BCUT2D eigenvalue weighted by Gasteiger charge is 2.20. The molecule has 0 aromatic heterocycles. The summed E-state index contributed by atoms with van der Waals surface area (Å²) in [4.78, 5) is 13.5. The Kier molecular flexibility index (Phi) is 9.05. The monoisotopic (exact) mass is 450 g/mol. The number of rotatable bonds is 11. The third kappa shape index (κ3) is 8.28. The van der Waals surface area contributed by atoms with Gasteiger partial charge < -0.3 is 10.1 Å². The molecule has 164 valence electrons. The van der Waals surface area contributed by atoms with Crippen LogP contribution < -0.4 is 14.4 Å². The van der Waals surface area contributed by atoms with Gasteiger partial charge in [0.05, 0.1) is 18.0 Å². The fourth-order valence-electron chi connectivity index (χ4n) is 2.67. The first-order valence-electron chi connectivity index (χ1n) is 9.86. The first-order valence-corrected chi connectivity index (χ1v) is 12.7. The van der Waals surface area contributed by atoms with Crippen LogP contribution in [-0.2, 0) is 14.8 Å². The molecule has 0 saturated heterocycles. The lowest BCUT2D eigenvalue weighted by molar-refractivity contribution is -0.119. The summed E-state index contributed by atoms with van der Waals surface area (Å²) in [5.74, 6) is 1.19. The highest BCUT2D eigenvalue weighted by Crippen LogP contribution is 2.22. The van der Waals surface area contributed by atoms with Crippen molar-refractivity contribution in [3.05, 3.63) is 54.1 Å². The standard InChI is InChI=1S/C22H30N2O4S2/c1-17(2)28-20-10-8-19(9-11-20)24(30(4,26)27)16-22(25)23-14-5-15-29-21-12-6-18(3)7-13-21/h6-13,17H,5,14-16H2,1-4H3,(H,23,25). The number of hydrogen-bond acceptors (Lipinski definition) is 5. The maximum atomic E-state index is 12.3. The Labute approximate surface area is 184 Å². The number of aryl methyl sites for hydroxylation is 1.